The molecule has 82 valence electrons. The molecule has 0 unspecified atom stereocenters. The molecule has 1 aromatic rings. The van der Waals surface area contributed by atoms with Crippen LogP contribution in [0.1, 0.15) is 50.2 Å². The number of nitrogens with two attached hydrogens (primary N) is 1. The Balaban J connectivity index is 2.19. The number of anilines is 1. The third-order valence-corrected chi connectivity index (χ3v) is 3.59. The highest BCUT2D eigenvalue weighted by molar-refractivity contribution is 5.55. The van der Waals surface area contributed by atoms with Crippen LogP contribution in [0.3, 0.4) is 0 Å². The van der Waals surface area contributed by atoms with Gasteiger partial charge in [0.05, 0.1) is 0 Å². The van der Waals surface area contributed by atoms with E-state index in [0.29, 0.717) is 5.92 Å². The van der Waals surface area contributed by atoms with Gasteiger partial charge in [-0.25, -0.2) is 0 Å². The SMILES string of the molecule is CC(C)c1cccc(CC2CCC2)c1N. The van der Waals surface area contributed by atoms with Gasteiger partial charge in [-0.1, -0.05) is 51.3 Å². The molecule has 0 atom stereocenters. The maximum absolute atomic E-state index is 6.21. The minimum atomic E-state index is 0.534. The van der Waals surface area contributed by atoms with Crippen molar-refractivity contribution in [2.45, 2.75) is 45.4 Å². The number of rotatable bonds is 3. The highest BCUT2D eigenvalue weighted by Gasteiger charge is 2.19. The fraction of sp³-hybridized carbons (Fsp3) is 0.571. The summed E-state index contributed by atoms with van der Waals surface area (Å²) in [6.45, 7) is 4.41. The largest absolute Gasteiger partial charge is 0.398 e. The Morgan fingerprint density at radius 3 is 2.60 bits per heavy atom. The van der Waals surface area contributed by atoms with E-state index in [4.69, 9.17) is 5.73 Å². The van der Waals surface area contributed by atoms with Crippen molar-refractivity contribution in [3.8, 4) is 0 Å². The molecule has 0 saturated heterocycles. The quantitative estimate of drug-likeness (QED) is 0.744. The molecule has 1 saturated carbocycles. The summed E-state index contributed by atoms with van der Waals surface area (Å²) in [5.74, 6) is 1.43. The van der Waals surface area contributed by atoms with Gasteiger partial charge in [-0.05, 0) is 29.4 Å². The zero-order valence-corrected chi connectivity index (χ0v) is 9.79. The smallest absolute Gasteiger partial charge is 0.0381 e. The number of nitrogen functional groups attached to an aromatic ring is 1. The number of hydrogen-bond donors (Lipinski definition) is 1. The fourth-order valence-corrected chi connectivity index (χ4v) is 2.32. The highest BCUT2D eigenvalue weighted by atomic mass is 14.6. The van der Waals surface area contributed by atoms with Crippen LogP contribution in [0.4, 0.5) is 5.69 Å². The van der Waals surface area contributed by atoms with Crippen molar-refractivity contribution >= 4 is 5.69 Å². The average Bonchev–Trinajstić information content (AvgIpc) is 2.13. The van der Waals surface area contributed by atoms with Crippen molar-refractivity contribution in [3.63, 3.8) is 0 Å². The molecule has 0 radical (unpaired) electrons. The van der Waals surface area contributed by atoms with Gasteiger partial charge in [-0.2, -0.15) is 0 Å². The molecule has 1 aromatic carbocycles. The molecular formula is C14H21N. The summed E-state index contributed by atoms with van der Waals surface area (Å²) >= 11 is 0. The van der Waals surface area contributed by atoms with Gasteiger partial charge in [0.25, 0.3) is 0 Å². The summed E-state index contributed by atoms with van der Waals surface area (Å²) in [7, 11) is 0. The summed E-state index contributed by atoms with van der Waals surface area (Å²) in [5, 5.41) is 0. The van der Waals surface area contributed by atoms with Gasteiger partial charge < -0.3 is 5.73 Å². The highest BCUT2D eigenvalue weighted by Crippen LogP contribution is 2.33. The number of para-hydroxylation sites is 1. The molecule has 2 N–H and O–H groups in total. The molecule has 1 heteroatoms. The summed E-state index contributed by atoms with van der Waals surface area (Å²) in [5.41, 5.74) is 9.93. The van der Waals surface area contributed by atoms with E-state index in [2.05, 4.69) is 32.0 Å². The van der Waals surface area contributed by atoms with Crippen molar-refractivity contribution in [2.75, 3.05) is 5.73 Å². The predicted octanol–water partition coefficient (Wildman–Crippen LogP) is 3.73. The minimum Gasteiger partial charge on any atom is -0.398 e. The third kappa shape index (κ3) is 2.17. The van der Waals surface area contributed by atoms with Crippen LogP contribution in [0, 0.1) is 5.92 Å². The fourth-order valence-electron chi connectivity index (χ4n) is 2.32. The van der Waals surface area contributed by atoms with E-state index in [1.165, 1.54) is 36.8 Å². The van der Waals surface area contributed by atoms with Crippen molar-refractivity contribution in [2.24, 2.45) is 5.92 Å². The minimum absolute atomic E-state index is 0.534. The molecule has 15 heavy (non-hydrogen) atoms. The average molecular weight is 203 g/mol. The van der Waals surface area contributed by atoms with E-state index in [9.17, 15) is 0 Å². The van der Waals surface area contributed by atoms with Gasteiger partial charge in [-0.3, -0.25) is 0 Å². The van der Waals surface area contributed by atoms with Gasteiger partial charge in [0.1, 0.15) is 0 Å². The maximum atomic E-state index is 6.21. The van der Waals surface area contributed by atoms with Crippen molar-refractivity contribution in [3.05, 3.63) is 29.3 Å². The Hall–Kier alpha value is -0.980. The molecule has 0 amide bonds. The second kappa shape index (κ2) is 4.26. The van der Waals surface area contributed by atoms with Crippen molar-refractivity contribution in [1.82, 2.24) is 0 Å². The topological polar surface area (TPSA) is 26.0 Å². The van der Waals surface area contributed by atoms with E-state index in [0.717, 1.165) is 11.6 Å². The van der Waals surface area contributed by atoms with Crippen LogP contribution in [-0.2, 0) is 6.42 Å². The van der Waals surface area contributed by atoms with Crippen LogP contribution in [0.2, 0.25) is 0 Å². The predicted molar refractivity (Wildman–Crippen MR) is 66.0 cm³/mol. The van der Waals surface area contributed by atoms with Crippen LogP contribution in [0.5, 0.6) is 0 Å². The zero-order valence-electron chi connectivity index (χ0n) is 9.79. The van der Waals surface area contributed by atoms with Gasteiger partial charge in [-0.15, -0.1) is 0 Å². The number of benzene rings is 1. The second-order valence-electron chi connectivity index (χ2n) is 5.08. The molecule has 0 spiro atoms. The van der Waals surface area contributed by atoms with Crippen LogP contribution in [0.15, 0.2) is 18.2 Å². The lowest BCUT2D eigenvalue weighted by molar-refractivity contribution is 0.314. The van der Waals surface area contributed by atoms with Gasteiger partial charge in [0.2, 0.25) is 0 Å². The van der Waals surface area contributed by atoms with Crippen LogP contribution >= 0.6 is 0 Å². The van der Waals surface area contributed by atoms with Crippen LogP contribution in [0.25, 0.3) is 0 Å². The Bertz CT molecular complexity index is 337. The van der Waals surface area contributed by atoms with Gasteiger partial charge in [0, 0.05) is 5.69 Å². The molecule has 1 aliphatic carbocycles. The van der Waals surface area contributed by atoms with E-state index < -0.39 is 0 Å². The summed E-state index contributed by atoms with van der Waals surface area (Å²) in [6.07, 6.45) is 5.39. The molecule has 0 heterocycles. The molecule has 0 aromatic heterocycles. The van der Waals surface area contributed by atoms with Crippen molar-refractivity contribution < 1.29 is 0 Å². The molecular weight excluding hydrogens is 182 g/mol. The first-order valence-electron chi connectivity index (χ1n) is 6.05. The molecule has 1 nitrogen and oxygen atoms in total. The lowest BCUT2D eigenvalue weighted by Gasteiger charge is -2.26. The number of hydrogen-bond acceptors (Lipinski definition) is 1. The Morgan fingerprint density at radius 1 is 1.33 bits per heavy atom. The van der Waals surface area contributed by atoms with Crippen LogP contribution < -0.4 is 5.73 Å². The Labute approximate surface area is 92.7 Å². The van der Waals surface area contributed by atoms with Crippen LogP contribution in [-0.4, -0.2) is 0 Å². The third-order valence-electron chi connectivity index (χ3n) is 3.59. The molecule has 0 bridgehead atoms. The second-order valence-corrected chi connectivity index (χ2v) is 5.08. The zero-order chi connectivity index (χ0) is 10.8. The molecule has 0 aliphatic heterocycles. The summed E-state index contributed by atoms with van der Waals surface area (Å²) < 4.78 is 0. The molecule has 1 aliphatic rings. The standard InChI is InChI=1S/C14H21N/c1-10(2)13-8-4-7-12(14(13)15)9-11-5-3-6-11/h4,7-8,10-11H,3,5-6,9,15H2,1-2H3. The first kappa shape index (κ1) is 10.5. The van der Waals surface area contributed by atoms with E-state index in [1.807, 2.05) is 0 Å². The van der Waals surface area contributed by atoms with E-state index in [-0.39, 0.29) is 0 Å². The lowest BCUT2D eigenvalue weighted by Crippen LogP contribution is -2.15. The molecule has 1 fully saturated rings. The first-order chi connectivity index (χ1) is 7.18. The monoisotopic (exact) mass is 203 g/mol. The Kier molecular flexibility index (Phi) is 2.99. The Morgan fingerprint density at radius 2 is 2.07 bits per heavy atom. The summed E-state index contributed by atoms with van der Waals surface area (Å²) in [6, 6.07) is 6.50. The normalized spacial score (nSPS) is 16.7. The maximum Gasteiger partial charge on any atom is 0.0381 e. The van der Waals surface area contributed by atoms with E-state index in [1.54, 1.807) is 0 Å². The van der Waals surface area contributed by atoms with Gasteiger partial charge >= 0.3 is 0 Å². The molecule has 2 rings (SSSR count). The van der Waals surface area contributed by atoms with Crippen molar-refractivity contribution in [1.29, 1.82) is 0 Å². The lowest BCUT2D eigenvalue weighted by atomic mass is 9.80. The van der Waals surface area contributed by atoms with E-state index >= 15 is 0 Å². The van der Waals surface area contributed by atoms with Gasteiger partial charge in [0.15, 0.2) is 0 Å². The summed E-state index contributed by atoms with van der Waals surface area (Å²) in [4.78, 5) is 0. The first-order valence-corrected chi connectivity index (χ1v) is 6.05.